The van der Waals surface area contributed by atoms with Crippen LogP contribution in [0.3, 0.4) is 0 Å². The van der Waals surface area contributed by atoms with Crippen LogP contribution in [0.5, 0.6) is 0 Å². The lowest BCUT2D eigenvalue weighted by molar-refractivity contribution is -0.384. The average molecular weight is 298 g/mol. The van der Waals surface area contributed by atoms with Crippen LogP contribution >= 0.6 is 11.6 Å². The lowest BCUT2D eigenvalue weighted by atomic mass is 10.1. The molecule has 2 rings (SSSR count). The number of rotatable bonds is 2. The number of benzene rings is 1. The van der Waals surface area contributed by atoms with E-state index < -0.39 is 4.92 Å². The summed E-state index contributed by atoms with van der Waals surface area (Å²) in [7, 11) is 0. The molecule has 1 aromatic carbocycles. The van der Waals surface area contributed by atoms with Gasteiger partial charge in [-0.3, -0.25) is 19.7 Å². The molecule has 0 spiro atoms. The minimum Gasteiger partial charge on any atom is -0.354 e. The molecule has 0 unspecified atom stereocenters. The first-order chi connectivity index (χ1) is 9.49. The Balaban J connectivity index is 2.22. The highest BCUT2D eigenvalue weighted by Gasteiger charge is 2.22. The summed E-state index contributed by atoms with van der Waals surface area (Å²) in [5, 5.41) is 13.2. The molecule has 1 saturated heterocycles. The van der Waals surface area contributed by atoms with Crippen LogP contribution in [-0.2, 0) is 4.79 Å². The van der Waals surface area contributed by atoms with Crippen molar-refractivity contribution in [1.29, 1.82) is 0 Å². The van der Waals surface area contributed by atoms with Gasteiger partial charge in [-0.05, 0) is 18.6 Å². The van der Waals surface area contributed by atoms with Gasteiger partial charge >= 0.3 is 0 Å². The summed E-state index contributed by atoms with van der Waals surface area (Å²) >= 11 is 5.78. The third-order valence-corrected chi connectivity index (χ3v) is 3.24. The molecule has 0 bridgehead atoms. The third kappa shape index (κ3) is 3.05. The monoisotopic (exact) mass is 297 g/mol. The molecule has 1 aromatic rings. The van der Waals surface area contributed by atoms with Gasteiger partial charge in [-0.15, -0.1) is 0 Å². The smallest absolute Gasteiger partial charge is 0.287 e. The molecule has 0 saturated carbocycles. The number of nitrogens with one attached hydrogen (secondary N) is 1. The van der Waals surface area contributed by atoms with Gasteiger partial charge < -0.3 is 10.2 Å². The zero-order valence-electron chi connectivity index (χ0n) is 10.5. The molecule has 1 N–H and O–H groups in total. The molecule has 0 aliphatic carbocycles. The van der Waals surface area contributed by atoms with E-state index in [-0.39, 0.29) is 34.6 Å². The maximum absolute atomic E-state index is 12.2. The molecule has 2 amide bonds. The molecule has 1 aliphatic rings. The minimum atomic E-state index is -0.615. The van der Waals surface area contributed by atoms with Crippen LogP contribution in [-0.4, -0.2) is 41.3 Å². The van der Waals surface area contributed by atoms with Crippen molar-refractivity contribution < 1.29 is 14.5 Å². The second kappa shape index (κ2) is 5.87. The first-order valence-corrected chi connectivity index (χ1v) is 6.37. The Labute approximate surface area is 119 Å². The van der Waals surface area contributed by atoms with Gasteiger partial charge in [-0.2, -0.15) is 0 Å². The third-order valence-electron chi connectivity index (χ3n) is 2.94. The van der Waals surface area contributed by atoms with Crippen LogP contribution in [0.1, 0.15) is 16.8 Å². The number of amides is 2. The molecule has 1 aliphatic heterocycles. The predicted molar refractivity (Wildman–Crippen MR) is 71.6 cm³/mol. The van der Waals surface area contributed by atoms with Crippen molar-refractivity contribution in [3.05, 3.63) is 38.9 Å². The van der Waals surface area contributed by atoms with E-state index in [4.69, 9.17) is 11.6 Å². The van der Waals surface area contributed by atoms with Crippen molar-refractivity contribution in [2.24, 2.45) is 0 Å². The summed E-state index contributed by atoms with van der Waals surface area (Å²) in [6, 6.07) is 3.79. The lowest BCUT2D eigenvalue weighted by Gasteiger charge is -2.19. The number of hydrogen-bond acceptors (Lipinski definition) is 4. The van der Waals surface area contributed by atoms with Crippen molar-refractivity contribution in [1.82, 2.24) is 10.2 Å². The summed E-state index contributed by atoms with van der Waals surface area (Å²) in [4.78, 5) is 35.1. The highest BCUT2D eigenvalue weighted by atomic mass is 35.5. The van der Waals surface area contributed by atoms with Crippen LogP contribution in [0.2, 0.25) is 5.02 Å². The van der Waals surface area contributed by atoms with Crippen molar-refractivity contribution in [3.8, 4) is 0 Å². The van der Waals surface area contributed by atoms with Gasteiger partial charge in [0.15, 0.2) is 0 Å². The van der Waals surface area contributed by atoms with Crippen molar-refractivity contribution >= 4 is 29.1 Å². The number of nitrogens with zero attached hydrogens (tertiary/aromatic N) is 2. The lowest BCUT2D eigenvalue weighted by Crippen LogP contribution is -2.37. The standard InChI is InChI=1S/C12H12ClN3O4/c13-9-6-8(2-3-10(9)16(19)20)12(18)15-5-1-4-14-11(17)7-15/h2-3,6H,1,4-5,7H2,(H,14,17). The van der Waals surface area contributed by atoms with Gasteiger partial charge in [0.1, 0.15) is 5.02 Å². The van der Waals surface area contributed by atoms with E-state index in [1.54, 1.807) is 0 Å². The average Bonchev–Trinajstić information content (AvgIpc) is 2.62. The van der Waals surface area contributed by atoms with Crippen LogP contribution in [0, 0.1) is 10.1 Å². The zero-order chi connectivity index (χ0) is 14.7. The molecule has 1 fully saturated rings. The van der Waals surface area contributed by atoms with E-state index in [1.165, 1.54) is 23.1 Å². The predicted octanol–water partition coefficient (Wildman–Crippen LogP) is 1.21. The van der Waals surface area contributed by atoms with E-state index in [2.05, 4.69) is 5.32 Å². The number of nitro benzene ring substituents is 1. The minimum absolute atomic E-state index is 0.0204. The van der Waals surface area contributed by atoms with E-state index in [9.17, 15) is 19.7 Å². The van der Waals surface area contributed by atoms with Crippen LogP contribution < -0.4 is 5.32 Å². The number of nitro groups is 1. The molecule has 106 valence electrons. The number of halogens is 1. The summed E-state index contributed by atoms with van der Waals surface area (Å²) in [5.74, 6) is -0.581. The molecule has 20 heavy (non-hydrogen) atoms. The van der Waals surface area contributed by atoms with Crippen LogP contribution in [0.4, 0.5) is 5.69 Å². The van der Waals surface area contributed by atoms with Crippen molar-refractivity contribution in [3.63, 3.8) is 0 Å². The Morgan fingerprint density at radius 2 is 2.20 bits per heavy atom. The van der Waals surface area contributed by atoms with Crippen LogP contribution in [0.25, 0.3) is 0 Å². The summed E-state index contributed by atoms with van der Waals surface area (Å²) in [6.45, 7) is 0.962. The summed E-state index contributed by atoms with van der Waals surface area (Å²) in [5.41, 5.74) is -0.0212. The fourth-order valence-corrected chi connectivity index (χ4v) is 2.20. The second-order valence-corrected chi connectivity index (χ2v) is 4.76. The highest BCUT2D eigenvalue weighted by molar-refractivity contribution is 6.33. The van der Waals surface area contributed by atoms with Gasteiger partial charge in [0.25, 0.3) is 11.6 Å². The topological polar surface area (TPSA) is 92.5 Å². The SMILES string of the molecule is O=C1CN(C(=O)c2ccc([N+](=O)[O-])c(Cl)c2)CCCN1. The van der Waals surface area contributed by atoms with Gasteiger partial charge in [0, 0.05) is 24.7 Å². The first-order valence-electron chi connectivity index (χ1n) is 5.99. The first kappa shape index (κ1) is 14.3. The van der Waals surface area contributed by atoms with Gasteiger partial charge in [0.05, 0.1) is 11.5 Å². The van der Waals surface area contributed by atoms with Gasteiger partial charge in [-0.25, -0.2) is 0 Å². The Hall–Kier alpha value is -2.15. The fourth-order valence-electron chi connectivity index (χ4n) is 1.95. The Kier molecular flexibility index (Phi) is 4.19. The molecule has 0 aromatic heterocycles. The molecular weight excluding hydrogens is 286 g/mol. The Bertz CT molecular complexity index is 576. The van der Waals surface area contributed by atoms with Crippen LogP contribution in [0.15, 0.2) is 18.2 Å². The van der Waals surface area contributed by atoms with Gasteiger partial charge in [0.2, 0.25) is 5.91 Å². The summed E-state index contributed by atoms with van der Waals surface area (Å²) < 4.78 is 0. The Morgan fingerprint density at radius 3 is 2.85 bits per heavy atom. The van der Waals surface area contributed by atoms with E-state index in [0.717, 1.165) is 0 Å². The quantitative estimate of drug-likeness (QED) is 0.656. The maximum atomic E-state index is 12.2. The summed E-state index contributed by atoms with van der Waals surface area (Å²) in [6.07, 6.45) is 0.665. The molecule has 1 heterocycles. The fraction of sp³-hybridized carbons (Fsp3) is 0.333. The molecule has 7 nitrogen and oxygen atoms in total. The zero-order valence-corrected chi connectivity index (χ0v) is 11.2. The Morgan fingerprint density at radius 1 is 1.45 bits per heavy atom. The van der Waals surface area contributed by atoms with Crippen molar-refractivity contribution in [2.45, 2.75) is 6.42 Å². The number of carbonyl (C=O) groups is 2. The maximum Gasteiger partial charge on any atom is 0.287 e. The molecular formula is C12H12ClN3O4. The number of carbonyl (C=O) groups excluding carboxylic acids is 2. The van der Waals surface area contributed by atoms with Gasteiger partial charge in [-0.1, -0.05) is 11.6 Å². The van der Waals surface area contributed by atoms with E-state index in [0.29, 0.717) is 19.5 Å². The van der Waals surface area contributed by atoms with E-state index >= 15 is 0 Å². The second-order valence-electron chi connectivity index (χ2n) is 4.35. The largest absolute Gasteiger partial charge is 0.354 e. The number of hydrogen-bond donors (Lipinski definition) is 1. The highest BCUT2D eigenvalue weighted by Crippen LogP contribution is 2.25. The normalized spacial score (nSPS) is 15.4. The molecule has 8 heteroatoms. The molecule has 0 atom stereocenters. The molecule has 0 radical (unpaired) electrons. The van der Waals surface area contributed by atoms with E-state index in [1.807, 2.05) is 0 Å². The van der Waals surface area contributed by atoms with Crippen molar-refractivity contribution in [2.75, 3.05) is 19.6 Å².